The van der Waals surface area contributed by atoms with E-state index in [0.29, 0.717) is 30.9 Å². The molecular weight excluding hydrogens is 254 g/mol. The molecule has 0 spiro atoms. The number of ether oxygens (including phenoxy) is 2. The standard InChI is InChI=1S/C12H20ClN3O2/c1-3-8-18-11-5-7-14-12(16-11)15-10(4-6-13)9-17-2/h5,7,10H,3-4,6,8-9H2,1-2H3,(H,14,15,16). The average molecular weight is 274 g/mol. The molecule has 0 amide bonds. The summed E-state index contributed by atoms with van der Waals surface area (Å²) in [7, 11) is 1.66. The third-order valence-electron chi connectivity index (χ3n) is 2.24. The van der Waals surface area contributed by atoms with E-state index < -0.39 is 0 Å². The summed E-state index contributed by atoms with van der Waals surface area (Å²) >= 11 is 5.74. The largest absolute Gasteiger partial charge is 0.478 e. The van der Waals surface area contributed by atoms with Gasteiger partial charge >= 0.3 is 0 Å². The molecule has 102 valence electrons. The summed E-state index contributed by atoms with van der Waals surface area (Å²) in [6.07, 6.45) is 3.41. The van der Waals surface area contributed by atoms with Crippen molar-refractivity contribution < 1.29 is 9.47 Å². The van der Waals surface area contributed by atoms with Gasteiger partial charge in [-0.25, -0.2) is 4.98 Å². The van der Waals surface area contributed by atoms with E-state index in [0.717, 1.165) is 12.8 Å². The van der Waals surface area contributed by atoms with E-state index in [1.54, 1.807) is 19.4 Å². The molecule has 1 aromatic rings. The third-order valence-corrected chi connectivity index (χ3v) is 2.46. The van der Waals surface area contributed by atoms with Gasteiger partial charge in [0.25, 0.3) is 0 Å². The number of alkyl halides is 1. The van der Waals surface area contributed by atoms with Crippen LogP contribution in [0.3, 0.4) is 0 Å². The van der Waals surface area contributed by atoms with Crippen LogP contribution in [0.2, 0.25) is 0 Å². The van der Waals surface area contributed by atoms with Crippen molar-refractivity contribution >= 4 is 17.5 Å². The first-order chi connectivity index (χ1) is 8.80. The van der Waals surface area contributed by atoms with Crippen molar-refractivity contribution in [3.63, 3.8) is 0 Å². The van der Waals surface area contributed by atoms with Crippen LogP contribution in [0.1, 0.15) is 19.8 Å². The summed E-state index contributed by atoms with van der Waals surface area (Å²) in [6, 6.07) is 1.85. The van der Waals surface area contributed by atoms with E-state index in [9.17, 15) is 0 Å². The van der Waals surface area contributed by atoms with Gasteiger partial charge in [0.05, 0.1) is 19.3 Å². The quantitative estimate of drug-likeness (QED) is 0.700. The lowest BCUT2D eigenvalue weighted by molar-refractivity contribution is 0.184. The zero-order valence-corrected chi connectivity index (χ0v) is 11.6. The van der Waals surface area contributed by atoms with Crippen molar-refractivity contribution in [2.75, 3.05) is 31.5 Å². The van der Waals surface area contributed by atoms with Crippen molar-refractivity contribution in [1.82, 2.24) is 9.97 Å². The van der Waals surface area contributed by atoms with Crippen LogP contribution in [0, 0.1) is 0 Å². The highest BCUT2D eigenvalue weighted by Gasteiger charge is 2.09. The minimum absolute atomic E-state index is 0.105. The van der Waals surface area contributed by atoms with Gasteiger partial charge in [0.2, 0.25) is 11.8 Å². The maximum Gasteiger partial charge on any atom is 0.226 e. The van der Waals surface area contributed by atoms with E-state index in [1.807, 2.05) is 0 Å². The number of nitrogens with zero attached hydrogens (tertiary/aromatic N) is 2. The van der Waals surface area contributed by atoms with Crippen molar-refractivity contribution in [3.8, 4) is 5.88 Å². The van der Waals surface area contributed by atoms with Crippen LogP contribution >= 0.6 is 11.6 Å². The van der Waals surface area contributed by atoms with Gasteiger partial charge in [-0.05, 0) is 12.8 Å². The van der Waals surface area contributed by atoms with Crippen molar-refractivity contribution in [2.24, 2.45) is 0 Å². The molecule has 0 aliphatic carbocycles. The lowest BCUT2D eigenvalue weighted by Gasteiger charge is -2.16. The summed E-state index contributed by atoms with van der Waals surface area (Å²) in [6.45, 7) is 3.27. The average Bonchev–Trinajstić information content (AvgIpc) is 2.37. The number of aromatic nitrogens is 2. The second-order valence-electron chi connectivity index (χ2n) is 3.84. The van der Waals surface area contributed by atoms with Crippen LogP contribution in [0.5, 0.6) is 5.88 Å². The van der Waals surface area contributed by atoms with E-state index >= 15 is 0 Å². The van der Waals surface area contributed by atoms with Crippen LogP contribution in [0.25, 0.3) is 0 Å². The SMILES string of the molecule is CCCOc1ccnc(NC(CCCl)COC)n1. The molecule has 18 heavy (non-hydrogen) atoms. The summed E-state index contributed by atoms with van der Waals surface area (Å²) in [4.78, 5) is 8.42. The number of rotatable bonds is 9. The predicted molar refractivity (Wildman–Crippen MR) is 72.4 cm³/mol. The Bertz CT molecular complexity index is 333. The Morgan fingerprint density at radius 1 is 1.50 bits per heavy atom. The number of hydrogen-bond acceptors (Lipinski definition) is 5. The smallest absolute Gasteiger partial charge is 0.226 e. The number of methoxy groups -OCH3 is 1. The molecular formula is C12H20ClN3O2. The van der Waals surface area contributed by atoms with Gasteiger partial charge in [0, 0.05) is 25.3 Å². The zero-order chi connectivity index (χ0) is 13.2. The summed E-state index contributed by atoms with van der Waals surface area (Å²) in [5.41, 5.74) is 0. The lowest BCUT2D eigenvalue weighted by Crippen LogP contribution is -2.26. The fraction of sp³-hybridized carbons (Fsp3) is 0.667. The Balaban J connectivity index is 2.58. The Morgan fingerprint density at radius 3 is 3.00 bits per heavy atom. The van der Waals surface area contributed by atoms with Crippen LogP contribution in [-0.2, 0) is 4.74 Å². The zero-order valence-electron chi connectivity index (χ0n) is 10.9. The summed E-state index contributed by atoms with van der Waals surface area (Å²) in [5, 5.41) is 3.19. The van der Waals surface area contributed by atoms with Gasteiger partial charge in [-0.1, -0.05) is 6.92 Å². The molecule has 0 aliphatic rings. The highest BCUT2D eigenvalue weighted by Crippen LogP contribution is 2.11. The minimum atomic E-state index is 0.105. The fourth-order valence-corrected chi connectivity index (χ4v) is 1.67. The maximum atomic E-state index is 5.74. The van der Waals surface area contributed by atoms with Crippen LogP contribution < -0.4 is 10.1 Å². The number of halogens is 1. The van der Waals surface area contributed by atoms with Crippen LogP contribution in [-0.4, -0.2) is 42.2 Å². The first kappa shape index (κ1) is 15.0. The van der Waals surface area contributed by atoms with Gasteiger partial charge in [-0.3, -0.25) is 0 Å². The molecule has 1 aromatic heterocycles. The van der Waals surface area contributed by atoms with Gasteiger partial charge in [-0.15, -0.1) is 11.6 Å². The Kier molecular flexibility index (Phi) is 7.44. The van der Waals surface area contributed by atoms with Crippen LogP contribution in [0.4, 0.5) is 5.95 Å². The van der Waals surface area contributed by atoms with Gasteiger partial charge in [0.1, 0.15) is 0 Å². The monoisotopic (exact) mass is 273 g/mol. The van der Waals surface area contributed by atoms with Crippen molar-refractivity contribution in [2.45, 2.75) is 25.8 Å². The molecule has 1 atom stereocenters. The topological polar surface area (TPSA) is 56.3 Å². The Hall–Kier alpha value is -1.07. The molecule has 0 fully saturated rings. The van der Waals surface area contributed by atoms with Gasteiger partial charge in [-0.2, -0.15) is 4.98 Å². The Morgan fingerprint density at radius 2 is 2.33 bits per heavy atom. The molecule has 0 aliphatic heterocycles. The first-order valence-corrected chi connectivity index (χ1v) is 6.60. The molecule has 1 heterocycles. The molecule has 5 nitrogen and oxygen atoms in total. The molecule has 1 unspecified atom stereocenters. The van der Waals surface area contributed by atoms with Gasteiger partial charge < -0.3 is 14.8 Å². The molecule has 0 saturated carbocycles. The molecule has 1 N–H and O–H groups in total. The number of anilines is 1. The highest BCUT2D eigenvalue weighted by molar-refractivity contribution is 6.17. The van der Waals surface area contributed by atoms with Gasteiger partial charge in [0.15, 0.2) is 0 Å². The van der Waals surface area contributed by atoms with Crippen molar-refractivity contribution in [1.29, 1.82) is 0 Å². The van der Waals surface area contributed by atoms with E-state index in [1.165, 1.54) is 0 Å². The normalized spacial score (nSPS) is 12.2. The minimum Gasteiger partial charge on any atom is -0.478 e. The highest BCUT2D eigenvalue weighted by atomic mass is 35.5. The second kappa shape index (κ2) is 8.94. The molecule has 6 heteroatoms. The van der Waals surface area contributed by atoms with Crippen molar-refractivity contribution in [3.05, 3.63) is 12.3 Å². The van der Waals surface area contributed by atoms with E-state index in [-0.39, 0.29) is 6.04 Å². The third kappa shape index (κ3) is 5.51. The molecule has 0 radical (unpaired) electrons. The lowest BCUT2D eigenvalue weighted by atomic mass is 10.2. The second-order valence-corrected chi connectivity index (χ2v) is 4.22. The van der Waals surface area contributed by atoms with E-state index in [4.69, 9.17) is 21.1 Å². The fourth-order valence-electron chi connectivity index (χ4n) is 1.41. The molecule has 0 aromatic carbocycles. The summed E-state index contributed by atoms with van der Waals surface area (Å²) < 4.78 is 10.6. The Labute approximate surface area is 113 Å². The number of hydrogen-bond donors (Lipinski definition) is 1. The molecule has 0 saturated heterocycles. The molecule has 1 rings (SSSR count). The number of nitrogens with one attached hydrogen (secondary N) is 1. The summed E-state index contributed by atoms with van der Waals surface area (Å²) in [5.74, 6) is 1.68. The van der Waals surface area contributed by atoms with E-state index in [2.05, 4.69) is 22.2 Å². The molecule has 0 bridgehead atoms. The first-order valence-electron chi connectivity index (χ1n) is 6.07. The predicted octanol–water partition coefficient (Wildman–Crippen LogP) is 2.32. The van der Waals surface area contributed by atoms with Crippen LogP contribution in [0.15, 0.2) is 12.3 Å². The maximum absolute atomic E-state index is 5.74.